The topological polar surface area (TPSA) is 53.6 Å². The SMILES string of the molecule is C=C(C)C1OCCC1CNC(=O)NC1CCN(c2cccc(Cl)c2)C1. The van der Waals surface area contributed by atoms with E-state index in [9.17, 15) is 4.79 Å². The summed E-state index contributed by atoms with van der Waals surface area (Å²) in [4.78, 5) is 14.5. The van der Waals surface area contributed by atoms with Crippen LogP contribution in [0.4, 0.5) is 10.5 Å². The van der Waals surface area contributed by atoms with Crippen LogP contribution in [0.3, 0.4) is 0 Å². The van der Waals surface area contributed by atoms with Crippen molar-refractivity contribution in [2.24, 2.45) is 5.92 Å². The summed E-state index contributed by atoms with van der Waals surface area (Å²) >= 11 is 6.06. The Hall–Kier alpha value is -1.72. The number of halogens is 1. The van der Waals surface area contributed by atoms with E-state index in [-0.39, 0.29) is 18.2 Å². The molecule has 5 nitrogen and oxygen atoms in total. The molecule has 1 aromatic carbocycles. The molecular formula is C19H26ClN3O2. The van der Waals surface area contributed by atoms with Gasteiger partial charge < -0.3 is 20.3 Å². The average molecular weight is 364 g/mol. The number of nitrogens with zero attached hydrogens (tertiary/aromatic N) is 1. The number of hydrogen-bond acceptors (Lipinski definition) is 3. The second-order valence-electron chi connectivity index (χ2n) is 6.95. The highest BCUT2D eigenvalue weighted by Gasteiger charge is 2.29. The summed E-state index contributed by atoms with van der Waals surface area (Å²) in [6, 6.07) is 7.87. The Kier molecular flexibility index (Phi) is 5.86. The third-order valence-electron chi connectivity index (χ3n) is 4.92. The van der Waals surface area contributed by atoms with Crippen molar-refractivity contribution in [3.8, 4) is 0 Å². The monoisotopic (exact) mass is 363 g/mol. The normalized spacial score (nSPS) is 25.8. The Labute approximate surface area is 154 Å². The maximum absolute atomic E-state index is 12.2. The van der Waals surface area contributed by atoms with Crippen LogP contribution < -0.4 is 15.5 Å². The summed E-state index contributed by atoms with van der Waals surface area (Å²) in [7, 11) is 0. The van der Waals surface area contributed by atoms with Crippen LogP contribution in [-0.4, -0.2) is 44.4 Å². The molecule has 2 aliphatic heterocycles. The van der Waals surface area contributed by atoms with Gasteiger partial charge in [0.2, 0.25) is 0 Å². The lowest BCUT2D eigenvalue weighted by Gasteiger charge is -2.21. The van der Waals surface area contributed by atoms with Gasteiger partial charge in [0, 0.05) is 48.9 Å². The van der Waals surface area contributed by atoms with Crippen LogP contribution in [0.1, 0.15) is 19.8 Å². The molecule has 0 aliphatic carbocycles. The molecule has 136 valence electrons. The molecule has 0 radical (unpaired) electrons. The molecule has 25 heavy (non-hydrogen) atoms. The third-order valence-corrected chi connectivity index (χ3v) is 5.16. The van der Waals surface area contributed by atoms with Gasteiger partial charge in [-0.05, 0) is 38.0 Å². The molecule has 2 aliphatic rings. The molecule has 2 heterocycles. The molecule has 0 bridgehead atoms. The van der Waals surface area contributed by atoms with E-state index in [4.69, 9.17) is 16.3 Å². The first kappa shape index (κ1) is 18.1. The number of benzene rings is 1. The Morgan fingerprint density at radius 2 is 2.28 bits per heavy atom. The molecule has 2 fully saturated rings. The minimum Gasteiger partial charge on any atom is -0.374 e. The third kappa shape index (κ3) is 4.67. The van der Waals surface area contributed by atoms with Gasteiger partial charge in [-0.25, -0.2) is 4.79 Å². The summed E-state index contributed by atoms with van der Waals surface area (Å²) in [6.45, 7) is 9.03. The summed E-state index contributed by atoms with van der Waals surface area (Å²) in [5.74, 6) is 0.315. The maximum Gasteiger partial charge on any atom is 0.315 e. The lowest BCUT2D eigenvalue weighted by atomic mass is 9.97. The zero-order chi connectivity index (χ0) is 17.8. The Balaban J connectivity index is 1.44. The smallest absolute Gasteiger partial charge is 0.315 e. The van der Waals surface area contributed by atoms with Gasteiger partial charge in [0.05, 0.1) is 6.10 Å². The van der Waals surface area contributed by atoms with Crippen LogP contribution >= 0.6 is 11.6 Å². The fraction of sp³-hybridized carbons (Fsp3) is 0.526. The number of ether oxygens (including phenoxy) is 1. The van der Waals surface area contributed by atoms with E-state index in [1.54, 1.807) is 0 Å². The standard InChI is InChI=1S/C19H26ClN3O2/c1-13(2)18-14(7-9-25-18)11-21-19(24)22-16-6-8-23(12-16)17-5-3-4-15(20)10-17/h3-5,10,14,16,18H,1,6-9,11-12H2,2H3,(H2,21,22,24). The number of amides is 2. The molecule has 0 aromatic heterocycles. The highest BCUT2D eigenvalue weighted by molar-refractivity contribution is 6.30. The number of rotatable bonds is 5. The van der Waals surface area contributed by atoms with Crippen LogP contribution in [-0.2, 0) is 4.74 Å². The fourth-order valence-corrected chi connectivity index (χ4v) is 3.82. The van der Waals surface area contributed by atoms with Crippen molar-refractivity contribution in [3.05, 3.63) is 41.4 Å². The minimum atomic E-state index is -0.106. The van der Waals surface area contributed by atoms with Crippen LogP contribution in [0.5, 0.6) is 0 Å². The van der Waals surface area contributed by atoms with E-state index in [2.05, 4.69) is 22.1 Å². The number of anilines is 1. The molecule has 2 amide bonds. The van der Waals surface area contributed by atoms with Crippen LogP contribution in [0, 0.1) is 5.92 Å². The van der Waals surface area contributed by atoms with Gasteiger partial charge in [-0.1, -0.05) is 29.8 Å². The summed E-state index contributed by atoms with van der Waals surface area (Å²) < 4.78 is 5.68. The van der Waals surface area contributed by atoms with Gasteiger partial charge in [-0.2, -0.15) is 0 Å². The quantitative estimate of drug-likeness (QED) is 0.790. The van der Waals surface area contributed by atoms with Gasteiger partial charge in [-0.3, -0.25) is 0 Å². The van der Waals surface area contributed by atoms with Crippen molar-refractivity contribution in [1.82, 2.24) is 10.6 Å². The zero-order valence-electron chi connectivity index (χ0n) is 14.6. The van der Waals surface area contributed by atoms with Crippen molar-refractivity contribution in [2.45, 2.75) is 31.9 Å². The van der Waals surface area contributed by atoms with Gasteiger partial charge >= 0.3 is 6.03 Å². The lowest BCUT2D eigenvalue weighted by molar-refractivity contribution is 0.119. The van der Waals surface area contributed by atoms with E-state index < -0.39 is 0 Å². The summed E-state index contributed by atoms with van der Waals surface area (Å²) in [6.07, 6.45) is 1.95. The average Bonchev–Trinajstić information content (AvgIpc) is 3.22. The van der Waals surface area contributed by atoms with Gasteiger partial charge in [0.25, 0.3) is 0 Å². The lowest BCUT2D eigenvalue weighted by Crippen LogP contribution is -2.45. The van der Waals surface area contributed by atoms with E-state index in [0.29, 0.717) is 12.5 Å². The molecule has 3 atom stereocenters. The minimum absolute atomic E-state index is 0.0603. The molecule has 6 heteroatoms. The maximum atomic E-state index is 12.2. The highest BCUT2D eigenvalue weighted by atomic mass is 35.5. The second-order valence-corrected chi connectivity index (χ2v) is 7.39. The number of carbonyl (C=O) groups is 1. The van der Waals surface area contributed by atoms with E-state index in [1.165, 1.54) is 0 Å². The number of hydrogen-bond donors (Lipinski definition) is 2. The molecule has 2 saturated heterocycles. The Morgan fingerprint density at radius 3 is 3.04 bits per heavy atom. The molecule has 3 rings (SSSR count). The van der Waals surface area contributed by atoms with Crippen molar-refractivity contribution in [3.63, 3.8) is 0 Å². The summed E-state index contributed by atoms with van der Waals surface area (Å²) in [5, 5.41) is 6.80. The van der Waals surface area contributed by atoms with Gasteiger partial charge in [0.1, 0.15) is 0 Å². The predicted octanol–water partition coefficient (Wildman–Crippen LogP) is 3.20. The number of carbonyl (C=O) groups excluding carboxylic acids is 1. The van der Waals surface area contributed by atoms with Gasteiger partial charge in [-0.15, -0.1) is 0 Å². The predicted molar refractivity (Wildman–Crippen MR) is 101 cm³/mol. The van der Waals surface area contributed by atoms with Crippen molar-refractivity contribution in [2.75, 3.05) is 31.1 Å². The molecule has 3 unspecified atom stereocenters. The second kappa shape index (κ2) is 8.11. The Morgan fingerprint density at radius 1 is 1.44 bits per heavy atom. The number of urea groups is 1. The van der Waals surface area contributed by atoms with E-state index >= 15 is 0 Å². The largest absolute Gasteiger partial charge is 0.374 e. The first-order chi connectivity index (χ1) is 12.0. The summed E-state index contributed by atoms with van der Waals surface area (Å²) in [5.41, 5.74) is 2.13. The zero-order valence-corrected chi connectivity index (χ0v) is 15.4. The number of nitrogens with one attached hydrogen (secondary N) is 2. The molecule has 2 N–H and O–H groups in total. The molecular weight excluding hydrogens is 338 g/mol. The van der Waals surface area contributed by atoms with Crippen molar-refractivity contribution in [1.29, 1.82) is 0 Å². The Bertz CT molecular complexity index is 637. The van der Waals surface area contributed by atoms with Crippen LogP contribution in [0.15, 0.2) is 36.4 Å². The fourth-order valence-electron chi connectivity index (χ4n) is 3.63. The van der Waals surface area contributed by atoms with E-state index in [1.807, 2.05) is 31.2 Å². The van der Waals surface area contributed by atoms with Crippen molar-refractivity contribution < 1.29 is 9.53 Å². The molecule has 0 spiro atoms. The van der Waals surface area contributed by atoms with Crippen LogP contribution in [0.2, 0.25) is 5.02 Å². The first-order valence-electron chi connectivity index (χ1n) is 8.85. The van der Waals surface area contributed by atoms with Gasteiger partial charge in [0.15, 0.2) is 0 Å². The molecule has 0 saturated carbocycles. The molecule has 1 aromatic rings. The van der Waals surface area contributed by atoms with Crippen molar-refractivity contribution >= 4 is 23.3 Å². The van der Waals surface area contributed by atoms with E-state index in [0.717, 1.165) is 48.8 Å². The first-order valence-corrected chi connectivity index (χ1v) is 9.22. The van der Waals surface area contributed by atoms with Crippen LogP contribution in [0.25, 0.3) is 0 Å². The highest BCUT2D eigenvalue weighted by Crippen LogP contribution is 2.25.